The number of unbranched alkanes of at least 4 members (excludes halogenated alkanes) is 1. The maximum atomic E-state index is 11.8. The predicted molar refractivity (Wildman–Crippen MR) is 75.0 cm³/mol. The van der Waals surface area contributed by atoms with Gasteiger partial charge in [-0.25, -0.2) is 4.68 Å². The second-order valence-corrected chi connectivity index (χ2v) is 5.39. The summed E-state index contributed by atoms with van der Waals surface area (Å²) in [6.07, 6.45) is 3.85. The standard InChI is InChI=1S/C15H19N3O2/c1-2-3-6-11-9-12(20-15(11)19)10-18-14-8-5-4-7-13(14)16-17-18/h4-5,7-8,11-12H,2-3,6,9-10H2,1H3/t11-,12-/m0/s1. The van der Waals surface area contributed by atoms with Gasteiger partial charge in [-0.1, -0.05) is 37.1 Å². The third kappa shape index (κ3) is 2.53. The molecule has 1 fully saturated rings. The Hall–Kier alpha value is -1.91. The van der Waals surface area contributed by atoms with E-state index in [2.05, 4.69) is 17.2 Å². The molecule has 0 radical (unpaired) electrons. The summed E-state index contributed by atoms with van der Waals surface area (Å²) in [5, 5.41) is 8.27. The molecule has 2 aromatic rings. The summed E-state index contributed by atoms with van der Waals surface area (Å²) in [5.41, 5.74) is 1.86. The number of cyclic esters (lactones) is 1. The van der Waals surface area contributed by atoms with Crippen LogP contribution in [0.4, 0.5) is 0 Å². The quantitative estimate of drug-likeness (QED) is 0.786. The molecule has 1 aromatic heterocycles. The highest BCUT2D eigenvalue weighted by Gasteiger charge is 2.34. The summed E-state index contributed by atoms with van der Waals surface area (Å²) in [5.74, 6) is 0.0163. The molecule has 106 valence electrons. The third-order valence-electron chi connectivity index (χ3n) is 3.87. The molecule has 20 heavy (non-hydrogen) atoms. The normalized spacial score (nSPS) is 22.4. The molecular formula is C15H19N3O2. The van der Waals surface area contributed by atoms with Crippen LogP contribution in [-0.4, -0.2) is 27.1 Å². The lowest BCUT2D eigenvalue weighted by Gasteiger charge is -2.09. The monoisotopic (exact) mass is 273 g/mol. The first kappa shape index (κ1) is 13.1. The highest BCUT2D eigenvalue weighted by molar-refractivity contribution is 5.75. The Labute approximate surface area is 117 Å². The molecule has 1 saturated heterocycles. The lowest BCUT2D eigenvalue weighted by molar-refractivity contribution is -0.144. The van der Waals surface area contributed by atoms with Crippen LogP contribution in [0.25, 0.3) is 11.0 Å². The summed E-state index contributed by atoms with van der Waals surface area (Å²) in [7, 11) is 0. The van der Waals surface area contributed by atoms with Gasteiger partial charge in [0.2, 0.25) is 0 Å². The van der Waals surface area contributed by atoms with Gasteiger partial charge in [-0.3, -0.25) is 4.79 Å². The molecular weight excluding hydrogens is 254 g/mol. The minimum Gasteiger partial charge on any atom is -0.460 e. The Morgan fingerprint density at radius 3 is 3.10 bits per heavy atom. The molecule has 1 aliphatic heterocycles. The van der Waals surface area contributed by atoms with E-state index in [4.69, 9.17) is 4.74 Å². The Kier molecular flexibility index (Phi) is 3.67. The zero-order valence-corrected chi connectivity index (χ0v) is 11.7. The number of hydrogen-bond acceptors (Lipinski definition) is 4. The van der Waals surface area contributed by atoms with E-state index in [-0.39, 0.29) is 18.0 Å². The summed E-state index contributed by atoms with van der Waals surface area (Å²) in [6.45, 7) is 2.73. The van der Waals surface area contributed by atoms with Crippen molar-refractivity contribution in [1.29, 1.82) is 0 Å². The van der Waals surface area contributed by atoms with Gasteiger partial charge in [0.25, 0.3) is 0 Å². The van der Waals surface area contributed by atoms with E-state index in [1.165, 1.54) is 0 Å². The van der Waals surface area contributed by atoms with Crippen LogP contribution in [0.5, 0.6) is 0 Å². The molecule has 0 spiro atoms. The number of ether oxygens (including phenoxy) is 1. The number of esters is 1. The number of nitrogens with zero attached hydrogens (tertiary/aromatic N) is 3. The summed E-state index contributed by atoms with van der Waals surface area (Å²) in [4.78, 5) is 11.8. The fourth-order valence-electron chi connectivity index (χ4n) is 2.77. The van der Waals surface area contributed by atoms with Crippen LogP contribution in [0.3, 0.4) is 0 Å². The van der Waals surface area contributed by atoms with Gasteiger partial charge in [-0.15, -0.1) is 5.10 Å². The van der Waals surface area contributed by atoms with Crippen LogP contribution < -0.4 is 0 Å². The van der Waals surface area contributed by atoms with Gasteiger partial charge in [-0.2, -0.15) is 0 Å². The van der Waals surface area contributed by atoms with Crippen molar-refractivity contribution in [2.45, 2.75) is 45.3 Å². The number of benzene rings is 1. The van der Waals surface area contributed by atoms with Crippen LogP contribution >= 0.6 is 0 Å². The SMILES string of the molecule is CCCC[C@H]1C[C@@H](Cn2nnc3ccccc32)OC1=O. The van der Waals surface area contributed by atoms with Crippen molar-refractivity contribution in [3.63, 3.8) is 0 Å². The van der Waals surface area contributed by atoms with Crippen molar-refractivity contribution < 1.29 is 9.53 Å². The number of aromatic nitrogens is 3. The molecule has 5 nitrogen and oxygen atoms in total. The zero-order valence-electron chi connectivity index (χ0n) is 11.7. The number of carbonyl (C=O) groups is 1. The Morgan fingerprint density at radius 2 is 2.25 bits per heavy atom. The number of carbonyl (C=O) groups excluding carboxylic acids is 1. The minimum atomic E-state index is -0.0746. The molecule has 2 atom stereocenters. The Morgan fingerprint density at radius 1 is 1.40 bits per heavy atom. The van der Waals surface area contributed by atoms with Gasteiger partial charge < -0.3 is 4.74 Å². The van der Waals surface area contributed by atoms with Crippen LogP contribution in [-0.2, 0) is 16.1 Å². The van der Waals surface area contributed by atoms with Crippen molar-refractivity contribution in [2.75, 3.05) is 0 Å². The van der Waals surface area contributed by atoms with Gasteiger partial charge in [-0.05, 0) is 25.0 Å². The van der Waals surface area contributed by atoms with Gasteiger partial charge in [0.05, 0.1) is 18.0 Å². The van der Waals surface area contributed by atoms with Crippen molar-refractivity contribution in [3.05, 3.63) is 24.3 Å². The third-order valence-corrected chi connectivity index (χ3v) is 3.87. The fourth-order valence-corrected chi connectivity index (χ4v) is 2.77. The van der Waals surface area contributed by atoms with Crippen molar-refractivity contribution in [2.24, 2.45) is 5.92 Å². The van der Waals surface area contributed by atoms with E-state index in [1.54, 1.807) is 0 Å². The van der Waals surface area contributed by atoms with Crippen LogP contribution in [0, 0.1) is 5.92 Å². The van der Waals surface area contributed by atoms with Crippen LogP contribution in [0.2, 0.25) is 0 Å². The molecule has 0 aliphatic carbocycles. The molecule has 1 aromatic carbocycles. The molecule has 1 aliphatic rings. The maximum absolute atomic E-state index is 11.8. The molecule has 0 amide bonds. The average molecular weight is 273 g/mol. The number of rotatable bonds is 5. The highest BCUT2D eigenvalue weighted by atomic mass is 16.6. The lowest BCUT2D eigenvalue weighted by atomic mass is 9.98. The first-order valence-corrected chi connectivity index (χ1v) is 7.26. The van der Waals surface area contributed by atoms with Gasteiger partial charge in [0.1, 0.15) is 11.6 Å². The van der Waals surface area contributed by atoms with Crippen molar-refractivity contribution in [3.8, 4) is 0 Å². The topological polar surface area (TPSA) is 57.0 Å². The first-order chi connectivity index (χ1) is 9.78. The predicted octanol–water partition coefficient (Wildman–Crippen LogP) is 2.55. The highest BCUT2D eigenvalue weighted by Crippen LogP contribution is 2.27. The molecule has 0 saturated carbocycles. The Balaban J connectivity index is 1.68. The summed E-state index contributed by atoms with van der Waals surface area (Å²) < 4.78 is 7.29. The van der Waals surface area contributed by atoms with Crippen LogP contribution in [0.15, 0.2) is 24.3 Å². The van der Waals surface area contributed by atoms with Crippen molar-refractivity contribution >= 4 is 17.0 Å². The summed E-state index contributed by atoms with van der Waals surface area (Å²) >= 11 is 0. The second-order valence-electron chi connectivity index (χ2n) is 5.39. The van der Waals surface area contributed by atoms with Gasteiger partial charge >= 0.3 is 5.97 Å². The van der Waals surface area contributed by atoms with E-state index in [0.717, 1.165) is 36.7 Å². The van der Waals surface area contributed by atoms with Gasteiger partial charge in [0.15, 0.2) is 0 Å². The van der Waals surface area contributed by atoms with Gasteiger partial charge in [0, 0.05) is 0 Å². The van der Waals surface area contributed by atoms with E-state index in [0.29, 0.717) is 6.54 Å². The van der Waals surface area contributed by atoms with E-state index < -0.39 is 0 Å². The first-order valence-electron chi connectivity index (χ1n) is 7.26. The maximum Gasteiger partial charge on any atom is 0.309 e. The molecule has 0 bridgehead atoms. The number of fused-ring (bicyclic) bond motifs is 1. The smallest absolute Gasteiger partial charge is 0.309 e. The molecule has 3 rings (SSSR count). The van der Waals surface area contributed by atoms with E-state index in [1.807, 2.05) is 28.9 Å². The largest absolute Gasteiger partial charge is 0.460 e. The average Bonchev–Trinajstić information content (AvgIpc) is 3.01. The second kappa shape index (κ2) is 5.61. The fraction of sp³-hybridized carbons (Fsp3) is 0.533. The molecule has 0 unspecified atom stereocenters. The summed E-state index contributed by atoms with van der Waals surface area (Å²) in [6, 6.07) is 7.83. The zero-order chi connectivity index (χ0) is 13.9. The molecule has 2 heterocycles. The number of para-hydroxylation sites is 1. The van der Waals surface area contributed by atoms with E-state index in [9.17, 15) is 4.79 Å². The molecule has 5 heteroatoms. The van der Waals surface area contributed by atoms with Crippen molar-refractivity contribution in [1.82, 2.24) is 15.0 Å². The van der Waals surface area contributed by atoms with E-state index >= 15 is 0 Å². The van der Waals surface area contributed by atoms with Crippen LogP contribution in [0.1, 0.15) is 32.6 Å². The number of hydrogen-bond donors (Lipinski definition) is 0. The minimum absolute atomic E-state index is 0.0483. The Bertz CT molecular complexity index is 608. The molecule has 0 N–H and O–H groups in total. The lowest BCUT2D eigenvalue weighted by Crippen LogP contribution is -2.16.